The lowest BCUT2D eigenvalue weighted by atomic mass is 10.1. The molecule has 2 aliphatic rings. The summed E-state index contributed by atoms with van der Waals surface area (Å²) in [7, 11) is -3.81. The molecule has 0 bridgehead atoms. The third-order valence-electron chi connectivity index (χ3n) is 4.38. The Balaban J connectivity index is 0.00000192. The van der Waals surface area contributed by atoms with Crippen LogP contribution in [0, 0.1) is 11.7 Å². The largest absolute Gasteiger partial charge is 0.314 e. The van der Waals surface area contributed by atoms with Crippen molar-refractivity contribution in [3.05, 3.63) is 29.0 Å². The predicted molar refractivity (Wildman–Crippen MR) is 91.2 cm³/mol. The van der Waals surface area contributed by atoms with Gasteiger partial charge in [-0.2, -0.15) is 4.31 Å². The van der Waals surface area contributed by atoms with Crippen LogP contribution in [0.5, 0.6) is 0 Å². The Labute approximate surface area is 147 Å². The molecular formula is C15H21Cl2FN2O2S. The van der Waals surface area contributed by atoms with Crippen LogP contribution in [-0.2, 0) is 10.0 Å². The van der Waals surface area contributed by atoms with E-state index in [1.165, 1.54) is 35.3 Å². The van der Waals surface area contributed by atoms with E-state index in [0.29, 0.717) is 19.1 Å². The average Bonchev–Trinajstić information content (AvgIpc) is 3.32. The van der Waals surface area contributed by atoms with Crippen molar-refractivity contribution in [3.8, 4) is 0 Å². The maximum absolute atomic E-state index is 14.0. The highest BCUT2D eigenvalue weighted by molar-refractivity contribution is 7.89. The second-order valence-electron chi connectivity index (χ2n) is 6.08. The van der Waals surface area contributed by atoms with Crippen LogP contribution in [0.15, 0.2) is 23.1 Å². The van der Waals surface area contributed by atoms with Gasteiger partial charge < -0.3 is 5.32 Å². The summed E-state index contributed by atoms with van der Waals surface area (Å²) in [5, 5.41) is 3.33. The van der Waals surface area contributed by atoms with Crippen LogP contribution in [-0.4, -0.2) is 38.4 Å². The van der Waals surface area contributed by atoms with E-state index in [0.717, 1.165) is 25.3 Å². The lowest BCUT2D eigenvalue weighted by Crippen LogP contribution is -2.45. The van der Waals surface area contributed by atoms with Crippen molar-refractivity contribution >= 4 is 34.0 Å². The van der Waals surface area contributed by atoms with Gasteiger partial charge >= 0.3 is 0 Å². The fourth-order valence-electron chi connectivity index (χ4n) is 2.78. The van der Waals surface area contributed by atoms with Crippen LogP contribution in [0.25, 0.3) is 0 Å². The molecule has 0 amide bonds. The molecule has 2 fully saturated rings. The molecule has 1 aliphatic carbocycles. The highest BCUT2D eigenvalue weighted by Crippen LogP contribution is 2.29. The monoisotopic (exact) mass is 382 g/mol. The van der Waals surface area contributed by atoms with Gasteiger partial charge in [-0.05, 0) is 50.3 Å². The molecule has 1 heterocycles. The molecule has 0 unspecified atom stereocenters. The summed E-state index contributed by atoms with van der Waals surface area (Å²) < 4.78 is 40.5. The Morgan fingerprint density at radius 3 is 2.48 bits per heavy atom. The van der Waals surface area contributed by atoms with Gasteiger partial charge in [0.25, 0.3) is 0 Å². The molecule has 1 saturated carbocycles. The summed E-state index contributed by atoms with van der Waals surface area (Å²) in [5.41, 5.74) is 0. The number of sulfonamides is 1. The first-order valence-corrected chi connectivity index (χ1v) is 9.48. The molecule has 1 aliphatic heterocycles. The number of piperidine rings is 1. The van der Waals surface area contributed by atoms with Crippen molar-refractivity contribution in [2.45, 2.75) is 36.6 Å². The van der Waals surface area contributed by atoms with Crippen molar-refractivity contribution < 1.29 is 12.8 Å². The highest BCUT2D eigenvalue weighted by atomic mass is 35.5. The lowest BCUT2D eigenvalue weighted by molar-refractivity contribution is 0.287. The van der Waals surface area contributed by atoms with Gasteiger partial charge in [-0.3, -0.25) is 0 Å². The summed E-state index contributed by atoms with van der Waals surface area (Å²) in [6.07, 6.45) is 4.12. The smallest absolute Gasteiger partial charge is 0.246 e. The van der Waals surface area contributed by atoms with Crippen LogP contribution in [0.1, 0.15) is 25.7 Å². The van der Waals surface area contributed by atoms with Crippen molar-refractivity contribution in [1.82, 2.24) is 9.62 Å². The van der Waals surface area contributed by atoms with Crippen LogP contribution >= 0.6 is 24.0 Å². The second kappa shape index (κ2) is 7.66. The molecule has 1 N–H and O–H groups in total. The Morgan fingerprint density at radius 1 is 1.22 bits per heavy atom. The molecule has 1 saturated heterocycles. The minimum Gasteiger partial charge on any atom is -0.314 e. The molecule has 8 heteroatoms. The van der Waals surface area contributed by atoms with E-state index in [1.807, 2.05) is 0 Å². The molecule has 1 aromatic carbocycles. The normalized spacial score (nSPS) is 20.3. The molecule has 23 heavy (non-hydrogen) atoms. The first kappa shape index (κ1) is 18.9. The highest BCUT2D eigenvalue weighted by Gasteiger charge is 2.32. The SMILES string of the molecule is Cl.O=S(=O)(c1cccc(Cl)c1F)N1CCC(NCC2CC2)CC1. The van der Waals surface area contributed by atoms with Gasteiger partial charge in [-0.25, -0.2) is 12.8 Å². The maximum atomic E-state index is 14.0. The van der Waals surface area contributed by atoms with Gasteiger partial charge in [-0.1, -0.05) is 17.7 Å². The van der Waals surface area contributed by atoms with Crippen molar-refractivity contribution in [3.63, 3.8) is 0 Å². The fraction of sp³-hybridized carbons (Fsp3) is 0.600. The van der Waals surface area contributed by atoms with Gasteiger partial charge in [0.2, 0.25) is 10.0 Å². The third kappa shape index (κ3) is 4.37. The number of nitrogens with one attached hydrogen (secondary N) is 1. The molecule has 4 nitrogen and oxygen atoms in total. The van der Waals surface area contributed by atoms with E-state index in [2.05, 4.69) is 5.32 Å². The van der Waals surface area contributed by atoms with Crippen LogP contribution in [0.2, 0.25) is 5.02 Å². The quantitative estimate of drug-likeness (QED) is 0.850. The lowest BCUT2D eigenvalue weighted by Gasteiger charge is -2.31. The number of hydrogen-bond acceptors (Lipinski definition) is 3. The van der Waals surface area contributed by atoms with Crippen LogP contribution in [0.4, 0.5) is 4.39 Å². The van der Waals surface area contributed by atoms with Gasteiger partial charge in [-0.15, -0.1) is 12.4 Å². The zero-order valence-corrected chi connectivity index (χ0v) is 15.1. The molecule has 0 atom stereocenters. The molecular weight excluding hydrogens is 362 g/mol. The molecule has 0 spiro atoms. The molecule has 3 rings (SSSR count). The van der Waals surface area contributed by atoms with Crippen LogP contribution < -0.4 is 5.32 Å². The van der Waals surface area contributed by atoms with E-state index in [4.69, 9.17) is 11.6 Å². The minimum atomic E-state index is -3.81. The van der Waals surface area contributed by atoms with Gasteiger partial charge in [0, 0.05) is 19.1 Å². The van der Waals surface area contributed by atoms with Gasteiger partial charge in [0.1, 0.15) is 4.90 Å². The predicted octanol–water partition coefficient (Wildman–Crippen LogP) is 3.05. The van der Waals surface area contributed by atoms with Crippen molar-refractivity contribution in [2.24, 2.45) is 5.92 Å². The van der Waals surface area contributed by atoms with E-state index >= 15 is 0 Å². The maximum Gasteiger partial charge on any atom is 0.246 e. The number of nitrogens with zero attached hydrogens (tertiary/aromatic N) is 1. The Hall–Kier alpha value is -0.400. The molecule has 0 radical (unpaired) electrons. The summed E-state index contributed by atoms with van der Waals surface area (Å²) in [4.78, 5) is -0.329. The number of hydrogen-bond donors (Lipinski definition) is 1. The van der Waals surface area contributed by atoms with Crippen molar-refractivity contribution in [1.29, 1.82) is 0 Å². The Bertz CT molecular complexity index is 645. The summed E-state index contributed by atoms with van der Waals surface area (Å²) in [6.45, 7) is 1.85. The minimum absolute atomic E-state index is 0. The second-order valence-corrected chi connectivity index (χ2v) is 8.40. The number of rotatable bonds is 5. The fourth-order valence-corrected chi connectivity index (χ4v) is 4.57. The Morgan fingerprint density at radius 2 is 1.87 bits per heavy atom. The van der Waals surface area contributed by atoms with Crippen molar-refractivity contribution in [2.75, 3.05) is 19.6 Å². The first-order valence-electron chi connectivity index (χ1n) is 7.66. The zero-order valence-electron chi connectivity index (χ0n) is 12.7. The van der Waals surface area contributed by atoms with Gasteiger partial charge in [0.05, 0.1) is 5.02 Å². The standard InChI is InChI=1S/C15H20ClFN2O2S.ClH/c16-13-2-1-3-14(15(13)17)22(20,21)19-8-6-12(7-9-19)18-10-11-4-5-11;/h1-3,11-12,18H,4-10H2;1H. The summed E-state index contributed by atoms with van der Waals surface area (Å²) >= 11 is 5.69. The molecule has 1 aromatic rings. The van der Waals surface area contributed by atoms with E-state index < -0.39 is 15.8 Å². The zero-order chi connectivity index (χ0) is 15.7. The summed E-state index contributed by atoms with van der Waals surface area (Å²) in [6, 6.07) is 4.44. The third-order valence-corrected chi connectivity index (χ3v) is 6.59. The van der Waals surface area contributed by atoms with E-state index in [9.17, 15) is 12.8 Å². The molecule has 0 aromatic heterocycles. The van der Waals surface area contributed by atoms with Gasteiger partial charge in [0.15, 0.2) is 5.82 Å². The number of halogens is 3. The summed E-state index contributed by atoms with van der Waals surface area (Å²) in [5.74, 6) is -0.0551. The van der Waals surface area contributed by atoms with E-state index in [-0.39, 0.29) is 22.3 Å². The van der Waals surface area contributed by atoms with Crippen LogP contribution in [0.3, 0.4) is 0 Å². The number of benzene rings is 1. The Kier molecular flexibility index (Phi) is 6.30. The first-order chi connectivity index (χ1) is 10.5. The topological polar surface area (TPSA) is 49.4 Å². The van der Waals surface area contributed by atoms with E-state index in [1.54, 1.807) is 0 Å². The molecule has 130 valence electrons. The average molecular weight is 383 g/mol.